The van der Waals surface area contributed by atoms with E-state index in [-0.39, 0.29) is 82.4 Å². The Morgan fingerprint density at radius 1 is 0.889 bits per heavy atom. The Morgan fingerprint density at radius 3 is 2.38 bits per heavy atom. The fourth-order valence-corrected chi connectivity index (χ4v) is 12.0. The first-order valence-corrected chi connectivity index (χ1v) is 25.4. The second-order valence-electron chi connectivity index (χ2n) is 20.9. The van der Waals surface area contributed by atoms with Crippen LogP contribution in [0.25, 0.3) is 32.9 Å². The number of benzene rings is 3. The van der Waals surface area contributed by atoms with Crippen molar-refractivity contribution in [2.24, 2.45) is 29.1 Å². The lowest BCUT2D eigenvalue weighted by Gasteiger charge is -2.40. The van der Waals surface area contributed by atoms with Crippen molar-refractivity contribution in [3.63, 3.8) is 0 Å². The number of imide groups is 1. The van der Waals surface area contributed by atoms with E-state index in [9.17, 15) is 14.4 Å². The summed E-state index contributed by atoms with van der Waals surface area (Å²) in [7, 11) is 1.50. The molecule has 1 N–H and O–H groups in total. The molecule has 17 heteroatoms. The molecular formula is C55H59F3N8O6. The number of likely N-dealkylation sites (tertiary alicyclic amines) is 1. The number of piperazine rings is 1. The number of ether oxygens (including phenoxy) is 3. The molecule has 2 bridgehead atoms. The van der Waals surface area contributed by atoms with Crippen molar-refractivity contribution < 1.29 is 41.8 Å². The van der Waals surface area contributed by atoms with E-state index in [2.05, 4.69) is 26.0 Å². The van der Waals surface area contributed by atoms with Gasteiger partial charge in [0.2, 0.25) is 17.7 Å². The number of carbonyl (C=O) groups excluding carboxylic acids is 3. The Labute approximate surface area is 416 Å². The number of pyridine rings is 1. The molecule has 4 aliphatic heterocycles. The topological polar surface area (TPSA) is 143 Å². The number of rotatable bonds is 14. The number of terminal acetylenes is 1. The summed E-state index contributed by atoms with van der Waals surface area (Å²) in [5.41, 5.74) is 1.31. The zero-order valence-corrected chi connectivity index (χ0v) is 40.6. The number of nitrogens with zero attached hydrogens (tertiary/aromatic N) is 7. The van der Waals surface area contributed by atoms with Gasteiger partial charge in [0.15, 0.2) is 12.6 Å². The minimum absolute atomic E-state index is 0.0110. The maximum Gasteiger partial charge on any atom is 0.319 e. The lowest BCUT2D eigenvalue weighted by Crippen LogP contribution is -2.52. The first kappa shape index (κ1) is 47.8. The molecule has 2 aliphatic carbocycles. The van der Waals surface area contributed by atoms with Gasteiger partial charge in [-0.25, -0.2) is 13.2 Å². The average Bonchev–Trinajstić information content (AvgIpc) is 4.07. The second-order valence-corrected chi connectivity index (χ2v) is 20.9. The summed E-state index contributed by atoms with van der Waals surface area (Å²) in [6.07, 6.45) is 15.4. The summed E-state index contributed by atoms with van der Waals surface area (Å²) in [5.74, 6) is 1.94. The van der Waals surface area contributed by atoms with Gasteiger partial charge in [0.05, 0.1) is 23.2 Å². The number of hydrogen-bond donors (Lipinski definition) is 1. The number of carbonyl (C=O) groups is 3. The number of amides is 3. The number of nitrogens with one attached hydrogen (secondary N) is 1. The molecule has 3 amide bonds. The highest BCUT2D eigenvalue weighted by Gasteiger charge is 2.46. The molecule has 6 fully saturated rings. The minimum Gasteiger partial charge on any atom is -0.468 e. The van der Waals surface area contributed by atoms with Crippen molar-refractivity contribution in [1.82, 2.24) is 30.1 Å². The molecule has 0 radical (unpaired) electrons. The van der Waals surface area contributed by atoms with E-state index in [1.165, 1.54) is 25.7 Å². The van der Waals surface area contributed by atoms with Crippen LogP contribution >= 0.6 is 0 Å². The molecule has 2 aromatic heterocycles. The lowest BCUT2D eigenvalue weighted by atomic mass is 9.91. The monoisotopic (exact) mass is 984 g/mol. The molecule has 6 aliphatic rings. The van der Waals surface area contributed by atoms with Crippen LogP contribution in [0.1, 0.15) is 68.9 Å². The molecule has 2 saturated carbocycles. The zero-order valence-electron chi connectivity index (χ0n) is 40.6. The Kier molecular flexibility index (Phi) is 13.2. The van der Waals surface area contributed by atoms with Gasteiger partial charge in [-0.15, -0.1) is 6.42 Å². The van der Waals surface area contributed by atoms with Crippen LogP contribution in [-0.2, 0) is 25.5 Å². The number of aromatic nitrogens is 3. The highest BCUT2D eigenvalue weighted by Crippen LogP contribution is 2.48. The Morgan fingerprint density at radius 2 is 1.67 bits per heavy atom. The highest BCUT2D eigenvalue weighted by atomic mass is 19.1. The summed E-state index contributed by atoms with van der Waals surface area (Å²) in [6.45, 7) is 6.30. The van der Waals surface area contributed by atoms with Crippen molar-refractivity contribution >= 4 is 50.9 Å². The summed E-state index contributed by atoms with van der Waals surface area (Å²) >= 11 is 0. The van der Waals surface area contributed by atoms with Crippen LogP contribution in [0.3, 0.4) is 0 Å². The van der Waals surface area contributed by atoms with Gasteiger partial charge >= 0.3 is 6.01 Å². The molecule has 3 aromatic carbocycles. The van der Waals surface area contributed by atoms with Gasteiger partial charge in [-0.2, -0.15) is 9.97 Å². The molecule has 14 nitrogen and oxygen atoms in total. The Hall–Kier alpha value is -6.51. The molecule has 11 rings (SSSR count). The predicted octanol–water partition coefficient (Wildman–Crippen LogP) is 7.28. The van der Waals surface area contributed by atoms with Crippen LogP contribution < -0.4 is 24.6 Å². The summed E-state index contributed by atoms with van der Waals surface area (Å²) in [6, 6.07) is 11.3. The quantitative estimate of drug-likeness (QED) is 0.0679. The normalized spacial score (nSPS) is 22.3. The largest absolute Gasteiger partial charge is 0.468 e. The van der Waals surface area contributed by atoms with Crippen molar-refractivity contribution in [1.29, 1.82) is 0 Å². The van der Waals surface area contributed by atoms with Crippen LogP contribution in [0.4, 0.5) is 24.7 Å². The van der Waals surface area contributed by atoms with E-state index < -0.39 is 11.6 Å². The van der Waals surface area contributed by atoms with Crippen LogP contribution in [0.15, 0.2) is 48.7 Å². The molecule has 4 saturated heterocycles. The van der Waals surface area contributed by atoms with Crippen molar-refractivity contribution in [3.8, 4) is 35.4 Å². The SMILES string of the molecule is C#Cc1c(F)ccc2cc(OCOC)cc(-c3ncc4c(N5CC6CCC(C6)C5)nc(OCC5(CN6CCC(C(=O)N7CCN(c8ccc(CC9CCC(=O)NC9=O)cc8F)CC7)CC6)CC5)nc4c3F)c12. The molecule has 72 heavy (non-hydrogen) atoms. The molecule has 6 heterocycles. The second kappa shape index (κ2) is 19.8. The van der Waals surface area contributed by atoms with Crippen LogP contribution in [0, 0.1) is 58.9 Å². The van der Waals surface area contributed by atoms with Crippen molar-refractivity contribution in [3.05, 3.63) is 77.2 Å². The molecule has 3 unspecified atom stereocenters. The summed E-state index contributed by atoms with van der Waals surface area (Å²) in [5, 5.41) is 3.72. The van der Waals surface area contributed by atoms with Gasteiger partial charge in [-0.1, -0.05) is 18.1 Å². The standard InChI is InChI=1S/C55H59F3N8O6/c1-3-40-43(56)9-7-37-25-39(72-32-70-2)26-41(47(37)40)49-48(58)50-42(27-59-49)51(66-28-34-4-5-35(22-34)29-66)62-54(61-50)71-31-55(14-15-55)30-63-16-12-36(13-17-63)53(69)65-20-18-64(19-21-65)45-10-6-33(24-44(45)57)23-38-8-11-46(67)60-52(38)68/h1,6-7,9-10,24-27,34-36,38H,4-5,8,11-23,28-32H2,2H3,(H,60,67,68). The van der Waals surface area contributed by atoms with Crippen LogP contribution in [-0.4, -0.2) is 122 Å². The van der Waals surface area contributed by atoms with Gasteiger partial charge in [-0.3, -0.25) is 24.7 Å². The van der Waals surface area contributed by atoms with E-state index in [4.69, 9.17) is 30.6 Å². The number of methoxy groups -OCH3 is 1. The first-order valence-electron chi connectivity index (χ1n) is 25.4. The fourth-order valence-electron chi connectivity index (χ4n) is 12.0. The third kappa shape index (κ3) is 9.63. The Balaban J connectivity index is 0.749. The van der Waals surface area contributed by atoms with Gasteiger partial charge in [0.1, 0.15) is 34.4 Å². The summed E-state index contributed by atoms with van der Waals surface area (Å²) < 4.78 is 65.5. The smallest absolute Gasteiger partial charge is 0.319 e. The minimum atomic E-state index is -0.706. The number of fused-ring (bicyclic) bond motifs is 4. The van der Waals surface area contributed by atoms with Gasteiger partial charge in [0.25, 0.3) is 0 Å². The molecule has 3 atom stereocenters. The lowest BCUT2D eigenvalue weighted by molar-refractivity contribution is -0.138. The molecule has 5 aromatic rings. The number of piperidine rings is 3. The van der Waals surface area contributed by atoms with Crippen LogP contribution in [0.5, 0.6) is 11.8 Å². The Bertz CT molecular complexity index is 2970. The number of hydrogen-bond acceptors (Lipinski definition) is 12. The first-order chi connectivity index (χ1) is 34.9. The summed E-state index contributed by atoms with van der Waals surface area (Å²) in [4.78, 5) is 60.6. The molecule has 0 spiro atoms. The predicted molar refractivity (Wildman–Crippen MR) is 265 cm³/mol. The van der Waals surface area contributed by atoms with E-state index in [1.54, 1.807) is 30.5 Å². The highest BCUT2D eigenvalue weighted by molar-refractivity contribution is 6.03. The average molecular weight is 985 g/mol. The van der Waals surface area contributed by atoms with Gasteiger partial charge in [0, 0.05) is 93.7 Å². The zero-order chi connectivity index (χ0) is 49.7. The molecular weight excluding hydrogens is 926 g/mol. The third-order valence-corrected chi connectivity index (χ3v) is 16.1. The fraction of sp³-hybridized carbons (Fsp3) is 0.491. The van der Waals surface area contributed by atoms with E-state index in [1.807, 2.05) is 15.9 Å². The van der Waals surface area contributed by atoms with Crippen molar-refractivity contribution in [2.45, 2.75) is 64.2 Å². The van der Waals surface area contributed by atoms with Crippen LogP contribution in [0.2, 0.25) is 0 Å². The van der Waals surface area contributed by atoms with Crippen molar-refractivity contribution in [2.75, 3.05) is 89.2 Å². The van der Waals surface area contributed by atoms with Gasteiger partial charge in [-0.05, 0) is 124 Å². The third-order valence-electron chi connectivity index (χ3n) is 16.1. The van der Waals surface area contributed by atoms with E-state index >= 15 is 13.2 Å². The maximum absolute atomic E-state index is 17.4. The number of anilines is 2. The number of halogens is 3. The van der Waals surface area contributed by atoms with Gasteiger partial charge < -0.3 is 33.8 Å². The van der Waals surface area contributed by atoms with E-state index in [0.717, 1.165) is 71.2 Å². The maximum atomic E-state index is 17.4. The van der Waals surface area contributed by atoms with E-state index in [0.29, 0.717) is 96.4 Å². The molecule has 376 valence electrons.